The van der Waals surface area contributed by atoms with Crippen LogP contribution in [0.15, 0.2) is 47.4 Å². The third kappa shape index (κ3) is 4.13. The highest BCUT2D eigenvalue weighted by Crippen LogP contribution is 2.16. The molecule has 1 atom stereocenters. The first-order chi connectivity index (χ1) is 9.95. The highest BCUT2D eigenvalue weighted by atomic mass is 32.2. The van der Waals surface area contributed by atoms with Gasteiger partial charge >= 0.3 is 0 Å². The molecule has 2 aromatic carbocycles. The lowest BCUT2D eigenvalue weighted by Crippen LogP contribution is -2.20. The van der Waals surface area contributed by atoms with Crippen molar-refractivity contribution >= 4 is 28.1 Å². The van der Waals surface area contributed by atoms with Crippen LogP contribution in [-0.2, 0) is 15.6 Å². The second-order valence-corrected chi connectivity index (χ2v) is 6.02. The van der Waals surface area contributed by atoms with Gasteiger partial charge in [-0.3, -0.25) is 9.00 Å². The standard InChI is InChI=1S/C15H15FN2O2S/c1-10-3-2-4-12(7-10)18-15(19)9-21(20)14-6-5-11(17)8-13(14)16/h2-8H,9,17H2,1H3,(H,18,19). The van der Waals surface area contributed by atoms with Crippen molar-refractivity contribution < 1.29 is 13.4 Å². The van der Waals surface area contributed by atoms with Crippen molar-refractivity contribution in [3.05, 3.63) is 53.8 Å². The summed E-state index contributed by atoms with van der Waals surface area (Å²) >= 11 is 0. The lowest BCUT2D eigenvalue weighted by Gasteiger charge is -2.07. The van der Waals surface area contributed by atoms with Gasteiger partial charge in [0.25, 0.3) is 0 Å². The zero-order chi connectivity index (χ0) is 15.4. The summed E-state index contributed by atoms with van der Waals surface area (Å²) in [6.45, 7) is 1.90. The van der Waals surface area contributed by atoms with Crippen LogP contribution in [-0.4, -0.2) is 15.9 Å². The summed E-state index contributed by atoms with van der Waals surface area (Å²) in [6.07, 6.45) is 0. The maximum absolute atomic E-state index is 13.6. The molecule has 2 rings (SSSR count). The molecule has 0 aliphatic carbocycles. The quantitative estimate of drug-likeness (QED) is 0.852. The molecule has 0 saturated heterocycles. The van der Waals surface area contributed by atoms with Crippen molar-refractivity contribution in [1.82, 2.24) is 0 Å². The Balaban J connectivity index is 2.04. The zero-order valence-corrected chi connectivity index (χ0v) is 12.2. The lowest BCUT2D eigenvalue weighted by atomic mass is 10.2. The van der Waals surface area contributed by atoms with Gasteiger partial charge in [0.15, 0.2) is 0 Å². The van der Waals surface area contributed by atoms with Gasteiger partial charge in [-0.15, -0.1) is 0 Å². The van der Waals surface area contributed by atoms with E-state index in [1.54, 1.807) is 12.1 Å². The Kier molecular flexibility index (Phi) is 4.70. The van der Waals surface area contributed by atoms with Gasteiger partial charge in [0.1, 0.15) is 11.6 Å². The number of hydrogen-bond acceptors (Lipinski definition) is 3. The number of halogens is 1. The molecule has 0 fully saturated rings. The number of nitrogens with two attached hydrogens (primary N) is 1. The largest absolute Gasteiger partial charge is 0.399 e. The first kappa shape index (κ1) is 15.2. The summed E-state index contributed by atoms with van der Waals surface area (Å²) in [4.78, 5) is 11.8. The van der Waals surface area contributed by atoms with Crippen LogP contribution in [0.3, 0.4) is 0 Å². The maximum Gasteiger partial charge on any atom is 0.237 e. The number of nitrogens with one attached hydrogen (secondary N) is 1. The summed E-state index contributed by atoms with van der Waals surface area (Å²) < 4.78 is 25.6. The summed E-state index contributed by atoms with van der Waals surface area (Å²) in [5.41, 5.74) is 7.29. The van der Waals surface area contributed by atoms with Crippen LogP contribution in [0, 0.1) is 12.7 Å². The van der Waals surface area contributed by atoms with Gasteiger partial charge in [0.05, 0.1) is 15.7 Å². The van der Waals surface area contributed by atoms with Crippen molar-refractivity contribution in [2.75, 3.05) is 16.8 Å². The Bertz CT molecular complexity index is 704. The zero-order valence-electron chi connectivity index (χ0n) is 11.4. The number of amides is 1. The van der Waals surface area contributed by atoms with Crippen LogP contribution < -0.4 is 11.1 Å². The first-order valence-electron chi connectivity index (χ1n) is 6.25. The second-order valence-electron chi connectivity index (χ2n) is 4.60. The molecule has 6 heteroatoms. The van der Waals surface area contributed by atoms with Gasteiger partial charge in [-0.25, -0.2) is 4.39 Å². The SMILES string of the molecule is Cc1cccc(NC(=O)CS(=O)c2ccc(N)cc2F)c1. The molecule has 3 N–H and O–H groups in total. The summed E-state index contributed by atoms with van der Waals surface area (Å²) in [5, 5.41) is 2.64. The minimum atomic E-state index is -1.75. The Labute approximate surface area is 124 Å². The van der Waals surface area contributed by atoms with E-state index in [1.807, 2.05) is 19.1 Å². The average molecular weight is 306 g/mol. The number of hydrogen-bond donors (Lipinski definition) is 2. The normalized spacial score (nSPS) is 11.9. The smallest absolute Gasteiger partial charge is 0.237 e. The van der Waals surface area contributed by atoms with E-state index in [0.29, 0.717) is 5.69 Å². The number of anilines is 2. The minimum Gasteiger partial charge on any atom is -0.399 e. The molecule has 0 aromatic heterocycles. The Morgan fingerprint density at radius 3 is 2.71 bits per heavy atom. The van der Waals surface area contributed by atoms with E-state index in [-0.39, 0.29) is 16.3 Å². The predicted molar refractivity (Wildman–Crippen MR) is 81.9 cm³/mol. The second kappa shape index (κ2) is 6.49. The van der Waals surface area contributed by atoms with Crippen molar-refractivity contribution in [2.45, 2.75) is 11.8 Å². The Morgan fingerprint density at radius 2 is 2.05 bits per heavy atom. The van der Waals surface area contributed by atoms with E-state index in [4.69, 9.17) is 5.73 Å². The van der Waals surface area contributed by atoms with Crippen molar-refractivity contribution in [3.63, 3.8) is 0 Å². The molecule has 110 valence electrons. The number of carbonyl (C=O) groups excluding carboxylic acids is 1. The van der Waals surface area contributed by atoms with Crippen molar-refractivity contribution in [2.24, 2.45) is 0 Å². The van der Waals surface area contributed by atoms with Crippen LogP contribution in [0.2, 0.25) is 0 Å². The number of carbonyl (C=O) groups is 1. The van der Waals surface area contributed by atoms with E-state index in [0.717, 1.165) is 11.6 Å². The molecular weight excluding hydrogens is 291 g/mol. The topological polar surface area (TPSA) is 72.2 Å². The highest BCUT2D eigenvalue weighted by Gasteiger charge is 2.14. The van der Waals surface area contributed by atoms with Gasteiger partial charge in [0.2, 0.25) is 5.91 Å². The molecule has 0 saturated carbocycles. The summed E-state index contributed by atoms with van der Waals surface area (Å²) in [5.74, 6) is -1.42. The summed E-state index contributed by atoms with van der Waals surface area (Å²) in [6, 6.07) is 11.1. The van der Waals surface area contributed by atoms with Crippen LogP contribution in [0.1, 0.15) is 5.56 Å². The molecule has 0 heterocycles. The number of benzene rings is 2. The lowest BCUT2D eigenvalue weighted by molar-refractivity contribution is -0.113. The molecule has 4 nitrogen and oxygen atoms in total. The molecule has 0 spiro atoms. The third-order valence-corrected chi connectivity index (χ3v) is 4.11. The van der Waals surface area contributed by atoms with Crippen LogP contribution in [0.4, 0.5) is 15.8 Å². The fourth-order valence-electron chi connectivity index (χ4n) is 1.82. The number of rotatable bonds is 4. The molecule has 1 amide bonds. The van der Waals surface area contributed by atoms with Gasteiger partial charge in [-0.2, -0.15) is 0 Å². The minimum absolute atomic E-state index is 0.0245. The average Bonchev–Trinajstić information content (AvgIpc) is 2.38. The van der Waals surface area contributed by atoms with Crippen LogP contribution in [0.25, 0.3) is 0 Å². The number of nitrogen functional groups attached to an aromatic ring is 1. The highest BCUT2D eigenvalue weighted by molar-refractivity contribution is 7.85. The molecule has 0 radical (unpaired) electrons. The van der Waals surface area contributed by atoms with E-state index in [2.05, 4.69) is 5.32 Å². The molecule has 21 heavy (non-hydrogen) atoms. The van der Waals surface area contributed by atoms with Gasteiger partial charge in [-0.05, 0) is 42.8 Å². The molecule has 2 aromatic rings. The fourth-order valence-corrected chi connectivity index (χ4v) is 2.78. The van der Waals surface area contributed by atoms with Crippen molar-refractivity contribution in [3.8, 4) is 0 Å². The Hall–Kier alpha value is -2.21. The van der Waals surface area contributed by atoms with E-state index in [9.17, 15) is 13.4 Å². The van der Waals surface area contributed by atoms with E-state index >= 15 is 0 Å². The summed E-state index contributed by atoms with van der Waals surface area (Å²) in [7, 11) is -1.75. The molecule has 0 aliphatic heterocycles. The van der Waals surface area contributed by atoms with Gasteiger partial charge in [-0.1, -0.05) is 12.1 Å². The molecule has 0 aliphatic rings. The van der Waals surface area contributed by atoms with Crippen LogP contribution >= 0.6 is 0 Å². The predicted octanol–water partition coefficient (Wildman–Crippen LogP) is 2.46. The first-order valence-corrected chi connectivity index (χ1v) is 7.57. The van der Waals surface area contributed by atoms with Gasteiger partial charge < -0.3 is 11.1 Å². The monoisotopic (exact) mass is 306 g/mol. The Morgan fingerprint density at radius 1 is 1.29 bits per heavy atom. The maximum atomic E-state index is 13.6. The van der Waals surface area contributed by atoms with Gasteiger partial charge in [0, 0.05) is 11.4 Å². The third-order valence-electron chi connectivity index (χ3n) is 2.77. The molecule has 0 bridgehead atoms. The fraction of sp³-hybridized carbons (Fsp3) is 0.133. The van der Waals surface area contributed by atoms with Crippen molar-refractivity contribution in [1.29, 1.82) is 0 Å². The molecular formula is C15H15FN2O2S. The van der Waals surface area contributed by atoms with E-state index < -0.39 is 22.5 Å². The van der Waals surface area contributed by atoms with E-state index in [1.165, 1.54) is 12.1 Å². The molecule has 1 unspecified atom stereocenters. The number of aryl methyl sites for hydroxylation is 1. The van der Waals surface area contributed by atoms with Crippen LogP contribution in [0.5, 0.6) is 0 Å².